The number of hydrogen-bond acceptors (Lipinski definition) is 7. The first kappa shape index (κ1) is 22.9. The van der Waals surface area contributed by atoms with Crippen molar-refractivity contribution in [1.29, 1.82) is 0 Å². The van der Waals surface area contributed by atoms with Crippen molar-refractivity contribution in [3.8, 4) is 5.88 Å². The summed E-state index contributed by atoms with van der Waals surface area (Å²) in [6.45, 7) is 3.29. The van der Waals surface area contributed by atoms with Gasteiger partial charge < -0.3 is 20.6 Å². The number of aliphatic hydroxyl groups excluding tert-OH is 1. The summed E-state index contributed by atoms with van der Waals surface area (Å²) >= 11 is 8.23. The summed E-state index contributed by atoms with van der Waals surface area (Å²) in [4.78, 5) is 4.13. The average molecular weight is 427 g/mol. The summed E-state index contributed by atoms with van der Waals surface area (Å²) in [5.74, 6) is 9.57. The monoisotopic (exact) mass is 426 g/mol. The highest BCUT2D eigenvalue weighted by Crippen LogP contribution is 2.33. The van der Waals surface area contributed by atoms with Gasteiger partial charge in [-0.3, -0.25) is 0 Å². The van der Waals surface area contributed by atoms with Crippen LogP contribution in [0.3, 0.4) is 0 Å². The number of aromatic nitrogens is 1. The van der Waals surface area contributed by atoms with Gasteiger partial charge in [-0.05, 0) is 42.8 Å². The van der Waals surface area contributed by atoms with Crippen LogP contribution in [-0.4, -0.2) is 45.9 Å². The molecule has 1 fully saturated rings. The number of nitrogens with zero attached hydrogens (tertiary/aromatic N) is 2. The molecule has 0 saturated heterocycles. The molecule has 156 valence electrons. The Balaban J connectivity index is 0.000000345. The van der Waals surface area contributed by atoms with Crippen LogP contribution in [0.25, 0.3) is 0 Å². The average Bonchev–Trinajstić information content (AvgIpc) is 3.51. The first-order chi connectivity index (χ1) is 13.6. The van der Waals surface area contributed by atoms with Crippen molar-refractivity contribution in [1.82, 2.24) is 9.99 Å². The molecule has 1 unspecified atom stereocenters. The van der Waals surface area contributed by atoms with E-state index >= 15 is 0 Å². The summed E-state index contributed by atoms with van der Waals surface area (Å²) in [7, 11) is 0. The predicted octanol–water partition coefficient (Wildman–Crippen LogP) is 3.23. The van der Waals surface area contributed by atoms with Gasteiger partial charge in [0.1, 0.15) is 6.10 Å². The molecule has 3 rings (SSSR count). The van der Waals surface area contributed by atoms with Crippen molar-refractivity contribution in [2.24, 2.45) is 17.5 Å². The molecule has 0 bridgehead atoms. The van der Waals surface area contributed by atoms with Gasteiger partial charge in [-0.25, -0.2) is 10.8 Å². The highest BCUT2D eigenvalue weighted by Gasteiger charge is 2.29. The smallest absolute Gasteiger partial charge is 0.213 e. The van der Waals surface area contributed by atoms with Crippen molar-refractivity contribution < 1.29 is 9.84 Å². The Morgan fingerprint density at radius 3 is 2.79 bits per heavy atom. The Labute approximate surface area is 176 Å². The molecule has 0 radical (unpaired) electrons. The number of nitrogens with two attached hydrogens (primary N) is 2. The number of hydrogen-bond donors (Lipinski definition) is 3. The molecule has 1 aromatic rings. The molecular formula is C20H31ClN4O2S. The van der Waals surface area contributed by atoms with Gasteiger partial charge in [-0.2, -0.15) is 11.8 Å². The molecule has 1 aromatic heterocycles. The maximum absolute atomic E-state index is 8.28. The third-order valence-corrected chi connectivity index (χ3v) is 5.79. The van der Waals surface area contributed by atoms with E-state index in [0.29, 0.717) is 35.6 Å². The Hall–Kier alpha value is -1.41. The van der Waals surface area contributed by atoms with Gasteiger partial charge in [0.2, 0.25) is 5.88 Å². The molecule has 28 heavy (non-hydrogen) atoms. The maximum Gasteiger partial charge on any atom is 0.213 e. The molecule has 8 heteroatoms. The molecule has 2 aliphatic rings. The first-order valence-electron chi connectivity index (χ1n) is 9.71. The topological polar surface area (TPSA) is 97.6 Å². The zero-order valence-electron chi connectivity index (χ0n) is 16.4. The zero-order valence-corrected chi connectivity index (χ0v) is 18.0. The standard InChI is InChI=1S/C15H19ClN4O.C5H12OS/c16-14-12(21-13-3-1-2-8-19-13)7-6-11(15(14)17)20(18)9-10-4-5-10;1-2-7-5-3-4-6/h1-3,6,8,10,12H,4-5,7,9,17-18H2;6H,2-5H2,1H3. The van der Waals surface area contributed by atoms with Crippen LogP contribution in [-0.2, 0) is 0 Å². The van der Waals surface area contributed by atoms with Crippen molar-refractivity contribution in [3.05, 3.63) is 46.9 Å². The van der Waals surface area contributed by atoms with Crippen LogP contribution < -0.4 is 16.3 Å². The molecule has 2 aliphatic carbocycles. The fourth-order valence-electron chi connectivity index (χ4n) is 2.65. The SMILES string of the molecule is CCSCCCO.NC1=C(Cl)C(Oc2ccccn2)CC=C1N(N)CC1CC1. The lowest BCUT2D eigenvalue weighted by atomic mass is 10.1. The number of ether oxygens (including phenoxy) is 1. The molecule has 1 heterocycles. The van der Waals surface area contributed by atoms with E-state index in [1.54, 1.807) is 17.3 Å². The highest BCUT2D eigenvalue weighted by atomic mass is 35.5. The van der Waals surface area contributed by atoms with Gasteiger partial charge in [0.05, 0.1) is 16.4 Å². The molecule has 5 N–H and O–H groups in total. The van der Waals surface area contributed by atoms with Crippen LogP contribution in [0.2, 0.25) is 0 Å². The minimum atomic E-state index is -0.306. The Morgan fingerprint density at radius 2 is 2.18 bits per heavy atom. The van der Waals surface area contributed by atoms with Crippen LogP contribution in [0, 0.1) is 5.92 Å². The second-order valence-electron chi connectivity index (χ2n) is 6.73. The summed E-state index contributed by atoms with van der Waals surface area (Å²) in [6.07, 6.45) is 7.41. The largest absolute Gasteiger partial charge is 0.468 e. The fourth-order valence-corrected chi connectivity index (χ4v) is 3.50. The van der Waals surface area contributed by atoms with E-state index in [9.17, 15) is 0 Å². The number of hydrazine groups is 1. The normalized spacial score (nSPS) is 18.9. The van der Waals surface area contributed by atoms with Crippen molar-refractivity contribution in [3.63, 3.8) is 0 Å². The van der Waals surface area contributed by atoms with Gasteiger partial charge in [-0.15, -0.1) is 0 Å². The van der Waals surface area contributed by atoms with Crippen LogP contribution >= 0.6 is 23.4 Å². The summed E-state index contributed by atoms with van der Waals surface area (Å²) < 4.78 is 5.77. The quantitative estimate of drug-likeness (QED) is 0.316. The molecule has 0 aromatic carbocycles. The van der Waals surface area contributed by atoms with Crippen LogP contribution in [0.5, 0.6) is 5.88 Å². The van der Waals surface area contributed by atoms with Gasteiger partial charge in [0, 0.05) is 31.8 Å². The van der Waals surface area contributed by atoms with E-state index in [-0.39, 0.29) is 6.10 Å². The third-order valence-electron chi connectivity index (χ3n) is 4.35. The van der Waals surface area contributed by atoms with Gasteiger partial charge in [-0.1, -0.05) is 30.7 Å². The van der Waals surface area contributed by atoms with E-state index in [1.807, 2.05) is 30.0 Å². The highest BCUT2D eigenvalue weighted by molar-refractivity contribution is 7.99. The number of aliphatic hydroxyl groups is 1. The zero-order chi connectivity index (χ0) is 20.4. The first-order valence-corrected chi connectivity index (χ1v) is 11.2. The van der Waals surface area contributed by atoms with Crippen molar-refractivity contribution in [2.75, 3.05) is 24.7 Å². The van der Waals surface area contributed by atoms with Crippen LogP contribution in [0.4, 0.5) is 0 Å². The molecule has 0 aliphatic heterocycles. The lowest BCUT2D eigenvalue weighted by Gasteiger charge is -2.29. The van der Waals surface area contributed by atoms with Gasteiger partial charge in [0.25, 0.3) is 0 Å². The van der Waals surface area contributed by atoms with Crippen LogP contribution in [0.1, 0.15) is 32.6 Å². The third kappa shape index (κ3) is 7.54. The van der Waals surface area contributed by atoms with E-state index in [4.69, 9.17) is 33.0 Å². The van der Waals surface area contributed by atoms with E-state index in [0.717, 1.165) is 24.4 Å². The van der Waals surface area contributed by atoms with Crippen molar-refractivity contribution in [2.45, 2.75) is 38.7 Å². The molecule has 0 amide bonds. The minimum Gasteiger partial charge on any atom is -0.468 e. The number of halogens is 1. The minimum absolute atomic E-state index is 0.306. The molecule has 1 atom stereocenters. The van der Waals surface area contributed by atoms with E-state index in [2.05, 4.69) is 11.9 Å². The lowest BCUT2D eigenvalue weighted by molar-refractivity contribution is 0.231. The molecule has 6 nitrogen and oxygen atoms in total. The number of pyridine rings is 1. The second-order valence-corrected chi connectivity index (χ2v) is 8.53. The maximum atomic E-state index is 8.28. The Bertz CT molecular complexity index is 649. The van der Waals surface area contributed by atoms with Crippen LogP contribution in [0.15, 0.2) is 46.9 Å². The van der Waals surface area contributed by atoms with Gasteiger partial charge in [0.15, 0.2) is 0 Å². The Morgan fingerprint density at radius 1 is 1.39 bits per heavy atom. The predicted molar refractivity (Wildman–Crippen MR) is 117 cm³/mol. The van der Waals surface area contributed by atoms with Gasteiger partial charge >= 0.3 is 0 Å². The Kier molecular flexibility index (Phi) is 9.98. The molecular weight excluding hydrogens is 396 g/mol. The summed E-state index contributed by atoms with van der Waals surface area (Å²) in [5, 5.41) is 10.5. The number of rotatable bonds is 9. The lowest BCUT2D eigenvalue weighted by Crippen LogP contribution is -2.37. The fraction of sp³-hybridized carbons (Fsp3) is 0.550. The second kappa shape index (κ2) is 12.2. The number of thioether (sulfide) groups is 1. The summed E-state index contributed by atoms with van der Waals surface area (Å²) in [5.41, 5.74) is 7.41. The van der Waals surface area contributed by atoms with Crippen molar-refractivity contribution >= 4 is 23.4 Å². The summed E-state index contributed by atoms with van der Waals surface area (Å²) in [6, 6.07) is 5.49. The van der Waals surface area contributed by atoms with E-state index < -0.39 is 0 Å². The van der Waals surface area contributed by atoms with E-state index in [1.165, 1.54) is 18.6 Å². The molecule has 1 saturated carbocycles. The molecule has 0 spiro atoms.